The maximum absolute atomic E-state index is 13.0. The number of carbonyl (C=O) groups is 1. The van der Waals surface area contributed by atoms with Crippen LogP contribution in [0.25, 0.3) is 22.2 Å². The number of fused-ring (bicyclic) bond motifs is 1. The predicted octanol–water partition coefficient (Wildman–Crippen LogP) is 5.90. The summed E-state index contributed by atoms with van der Waals surface area (Å²) in [6.07, 6.45) is 0.675. The second-order valence-corrected chi connectivity index (χ2v) is 7.47. The number of hydrogen-bond acceptors (Lipinski definition) is 3. The molecule has 148 valence electrons. The summed E-state index contributed by atoms with van der Waals surface area (Å²) < 4.78 is 0. The molecule has 0 saturated heterocycles. The van der Waals surface area contributed by atoms with E-state index in [1.807, 2.05) is 85.8 Å². The molecule has 0 fully saturated rings. The molecule has 3 aromatic carbocycles. The van der Waals surface area contributed by atoms with Crippen molar-refractivity contribution in [1.82, 2.24) is 10.4 Å². The first-order valence-corrected chi connectivity index (χ1v) is 10.0. The van der Waals surface area contributed by atoms with E-state index in [2.05, 4.69) is 10.5 Å². The average Bonchev–Trinajstić information content (AvgIpc) is 2.78. The van der Waals surface area contributed by atoms with Crippen LogP contribution in [0.5, 0.6) is 0 Å². The highest BCUT2D eigenvalue weighted by Crippen LogP contribution is 2.26. The zero-order valence-corrected chi connectivity index (χ0v) is 17.2. The van der Waals surface area contributed by atoms with Gasteiger partial charge in [-0.25, -0.2) is 10.4 Å². The lowest BCUT2D eigenvalue weighted by molar-refractivity contribution is 0.0956. The van der Waals surface area contributed by atoms with Crippen molar-refractivity contribution in [2.75, 3.05) is 0 Å². The second kappa shape index (κ2) is 8.89. The number of aromatic nitrogens is 1. The fraction of sp³-hybridized carbons (Fsp3) is 0.0800. The predicted molar refractivity (Wildman–Crippen MR) is 123 cm³/mol. The van der Waals surface area contributed by atoms with Gasteiger partial charge >= 0.3 is 0 Å². The molecule has 5 heteroatoms. The summed E-state index contributed by atoms with van der Waals surface area (Å²) in [6, 6.07) is 26.8. The van der Waals surface area contributed by atoms with Crippen LogP contribution in [0.2, 0.25) is 5.02 Å². The smallest absolute Gasteiger partial charge is 0.267 e. The van der Waals surface area contributed by atoms with E-state index in [1.54, 1.807) is 6.07 Å². The minimum Gasteiger partial charge on any atom is -0.267 e. The number of halogens is 1. The van der Waals surface area contributed by atoms with Crippen molar-refractivity contribution in [2.24, 2.45) is 5.10 Å². The van der Waals surface area contributed by atoms with Gasteiger partial charge in [0.05, 0.1) is 16.8 Å². The number of carbonyl (C=O) groups excluding carboxylic acids is 1. The average molecular weight is 414 g/mol. The van der Waals surface area contributed by atoms with Crippen LogP contribution < -0.4 is 5.43 Å². The van der Waals surface area contributed by atoms with E-state index >= 15 is 0 Å². The van der Waals surface area contributed by atoms with Crippen LogP contribution >= 0.6 is 11.6 Å². The molecule has 0 atom stereocenters. The lowest BCUT2D eigenvalue weighted by atomic mass is 10.0. The van der Waals surface area contributed by atoms with Crippen molar-refractivity contribution in [3.63, 3.8) is 0 Å². The highest BCUT2D eigenvalue weighted by atomic mass is 35.5. The number of nitrogens with one attached hydrogen (secondary N) is 1. The van der Waals surface area contributed by atoms with Gasteiger partial charge in [0, 0.05) is 28.1 Å². The molecule has 1 heterocycles. The number of hydrazone groups is 1. The van der Waals surface area contributed by atoms with Crippen LogP contribution in [0.4, 0.5) is 0 Å². The van der Waals surface area contributed by atoms with Gasteiger partial charge in [-0.1, -0.05) is 72.3 Å². The highest BCUT2D eigenvalue weighted by molar-refractivity contribution is 6.30. The second-order valence-electron chi connectivity index (χ2n) is 7.03. The summed E-state index contributed by atoms with van der Waals surface area (Å²) in [4.78, 5) is 17.7. The maximum atomic E-state index is 13.0. The minimum atomic E-state index is -0.267. The standard InChI is InChI=1S/C25H20ClN3O/c1-17(15-18-7-3-2-4-8-18)28-29-25(30)22-16-24(19-11-13-20(26)14-12-19)27-23-10-6-5-9-21(22)23/h2-14,16H,15H2,1H3,(H,29,30). The van der Waals surface area contributed by atoms with Crippen molar-refractivity contribution < 1.29 is 4.79 Å². The first kappa shape index (κ1) is 19.8. The molecule has 0 spiro atoms. The van der Waals surface area contributed by atoms with Crippen molar-refractivity contribution in [1.29, 1.82) is 0 Å². The topological polar surface area (TPSA) is 54.4 Å². The van der Waals surface area contributed by atoms with Gasteiger partial charge in [0.1, 0.15) is 0 Å². The Balaban J connectivity index is 1.64. The molecule has 1 aromatic heterocycles. The third-order valence-electron chi connectivity index (χ3n) is 4.75. The molecular weight excluding hydrogens is 394 g/mol. The van der Waals surface area contributed by atoms with Crippen LogP contribution in [0, 0.1) is 0 Å². The zero-order chi connectivity index (χ0) is 20.9. The molecule has 0 bridgehead atoms. The Morgan fingerprint density at radius 1 is 0.967 bits per heavy atom. The minimum absolute atomic E-state index is 0.267. The van der Waals surface area contributed by atoms with Crippen molar-refractivity contribution in [2.45, 2.75) is 13.3 Å². The fourth-order valence-electron chi connectivity index (χ4n) is 3.27. The van der Waals surface area contributed by atoms with Gasteiger partial charge in [-0.3, -0.25) is 4.79 Å². The number of hydrogen-bond donors (Lipinski definition) is 1. The maximum Gasteiger partial charge on any atom is 0.272 e. The van der Waals surface area contributed by atoms with E-state index in [0.717, 1.165) is 27.7 Å². The van der Waals surface area contributed by atoms with E-state index in [-0.39, 0.29) is 5.91 Å². The van der Waals surface area contributed by atoms with E-state index in [9.17, 15) is 4.79 Å². The summed E-state index contributed by atoms with van der Waals surface area (Å²) in [5.41, 5.74) is 7.55. The van der Waals surface area contributed by atoms with Gasteiger partial charge in [-0.05, 0) is 36.8 Å². The van der Waals surface area contributed by atoms with Gasteiger partial charge in [0.2, 0.25) is 0 Å². The molecule has 1 N–H and O–H groups in total. The number of para-hydroxylation sites is 1. The largest absolute Gasteiger partial charge is 0.272 e. The van der Waals surface area contributed by atoms with E-state index in [1.165, 1.54) is 0 Å². The summed E-state index contributed by atoms with van der Waals surface area (Å²) in [6.45, 7) is 1.90. The third-order valence-corrected chi connectivity index (χ3v) is 5.00. The number of nitrogens with zero attached hydrogens (tertiary/aromatic N) is 2. The SMILES string of the molecule is CC(Cc1ccccc1)=NNC(=O)c1cc(-c2ccc(Cl)cc2)nc2ccccc12. The molecule has 0 saturated carbocycles. The molecule has 0 aliphatic heterocycles. The van der Waals surface area contributed by atoms with Gasteiger partial charge in [-0.15, -0.1) is 0 Å². The highest BCUT2D eigenvalue weighted by Gasteiger charge is 2.14. The molecule has 1 amide bonds. The fourth-order valence-corrected chi connectivity index (χ4v) is 3.40. The summed E-state index contributed by atoms with van der Waals surface area (Å²) in [5.74, 6) is -0.267. The van der Waals surface area contributed by atoms with Crippen molar-refractivity contribution in [3.05, 3.63) is 101 Å². The third kappa shape index (κ3) is 4.56. The number of benzene rings is 3. The van der Waals surface area contributed by atoms with Crippen LogP contribution in [0.1, 0.15) is 22.8 Å². The lowest BCUT2D eigenvalue weighted by Gasteiger charge is -2.09. The molecule has 0 unspecified atom stereocenters. The molecule has 0 radical (unpaired) electrons. The number of pyridine rings is 1. The Morgan fingerprint density at radius 3 is 2.43 bits per heavy atom. The molecule has 4 rings (SSSR count). The molecule has 0 aliphatic rings. The Kier molecular flexibility index (Phi) is 5.87. The Bertz CT molecular complexity index is 1220. The number of amides is 1. The summed E-state index contributed by atoms with van der Waals surface area (Å²) in [5, 5.41) is 5.73. The molecular formula is C25H20ClN3O. The molecule has 0 aliphatic carbocycles. The number of rotatable bonds is 5. The van der Waals surface area contributed by atoms with Crippen molar-refractivity contribution in [3.8, 4) is 11.3 Å². The zero-order valence-electron chi connectivity index (χ0n) is 16.5. The molecule has 4 aromatic rings. The summed E-state index contributed by atoms with van der Waals surface area (Å²) in [7, 11) is 0. The van der Waals surface area contributed by atoms with Gasteiger partial charge < -0.3 is 0 Å². The quantitative estimate of drug-likeness (QED) is 0.327. The van der Waals surface area contributed by atoms with Crippen LogP contribution in [-0.4, -0.2) is 16.6 Å². The molecule has 30 heavy (non-hydrogen) atoms. The first-order valence-electron chi connectivity index (χ1n) is 9.63. The first-order chi connectivity index (χ1) is 14.6. The normalized spacial score (nSPS) is 11.5. The van der Waals surface area contributed by atoms with E-state index in [0.29, 0.717) is 22.7 Å². The van der Waals surface area contributed by atoms with Gasteiger partial charge in [-0.2, -0.15) is 5.10 Å². The summed E-state index contributed by atoms with van der Waals surface area (Å²) >= 11 is 6.01. The monoisotopic (exact) mass is 413 g/mol. The van der Waals surface area contributed by atoms with Crippen LogP contribution in [0.15, 0.2) is 90.0 Å². The van der Waals surface area contributed by atoms with E-state index in [4.69, 9.17) is 16.6 Å². The van der Waals surface area contributed by atoms with E-state index < -0.39 is 0 Å². The van der Waals surface area contributed by atoms with Crippen LogP contribution in [-0.2, 0) is 6.42 Å². The van der Waals surface area contributed by atoms with Gasteiger partial charge in [0.25, 0.3) is 5.91 Å². The Hall–Kier alpha value is -3.50. The van der Waals surface area contributed by atoms with Gasteiger partial charge in [0.15, 0.2) is 0 Å². The van der Waals surface area contributed by atoms with Crippen LogP contribution in [0.3, 0.4) is 0 Å². The lowest BCUT2D eigenvalue weighted by Crippen LogP contribution is -2.20. The molecule has 4 nitrogen and oxygen atoms in total. The Morgan fingerprint density at radius 2 is 1.67 bits per heavy atom. The Labute approximate surface area is 180 Å². The van der Waals surface area contributed by atoms with Crippen molar-refractivity contribution >= 4 is 34.1 Å².